The number of imidazole rings is 1. The molecule has 0 fully saturated rings. The summed E-state index contributed by atoms with van der Waals surface area (Å²) in [6.07, 6.45) is 4.89. The van der Waals surface area contributed by atoms with Crippen LogP contribution in [-0.4, -0.2) is 43.5 Å². The Labute approximate surface area is 146 Å². The van der Waals surface area contributed by atoms with Crippen LogP contribution in [-0.2, 0) is 6.54 Å². The molecule has 1 aliphatic heterocycles. The summed E-state index contributed by atoms with van der Waals surface area (Å²) >= 11 is 1.38. The molecule has 25 heavy (non-hydrogen) atoms. The average molecular weight is 359 g/mol. The van der Waals surface area contributed by atoms with E-state index in [9.17, 15) is 9.18 Å². The highest BCUT2D eigenvalue weighted by molar-refractivity contribution is 7.07. The Morgan fingerprint density at radius 3 is 3.16 bits per heavy atom. The molecular formula is C16H14FN5O2S. The van der Waals surface area contributed by atoms with Gasteiger partial charge in [-0.1, -0.05) is 0 Å². The lowest BCUT2D eigenvalue weighted by Gasteiger charge is -2.33. The molecule has 128 valence electrons. The van der Waals surface area contributed by atoms with Crippen molar-refractivity contribution in [2.45, 2.75) is 12.6 Å². The molecule has 0 bridgehead atoms. The Hall–Kier alpha value is -2.81. The van der Waals surface area contributed by atoms with Gasteiger partial charge in [0, 0.05) is 24.3 Å². The van der Waals surface area contributed by atoms with Gasteiger partial charge in [-0.05, 0) is 12.1 Å². The van der Waals surface area contributed by atoms with E-state index >= 15 is 0 Å². The summed E-state index contributed by atoms with van der Waals surface area (Å²) in [5.74, 6) is -0.700. The second-order valence-electron chi connectivity index (χ2n) is 5.61. The van der Waals surface area contributed by atoms with Gasteiger partial charge in [0.25, 0.3) is 5.91 Å². The smallest absolute Gasteiger partial charge is 0.273 e. The quantitative estimate of drug-likeness (QED) is 0.714. The highest BCUT2D eigenvalue weighted by atomic mass is 32.1. The van der Waals surface area contributed by atoms with Gasteiger partial charge in [-0.25, -0.2) is 19.3 Å². The molecule has 0 spiro atoms. The molecule has 1 amide bonds. The van der Waals surface area contributed by atoms with E-state index in [-0.39, 0.29) is 24.4 Å². The van der Waals surface area contributed by atoms with E-state index in [2.05, 4.69) is 15.0 Å². The van der Waals surface area contributed by atoms with E-state index in [0.29, 0.717) is 18.8 Å². The third kappa shape index (κ3) is 3.10. The van der Waals surface area contributed by atoms with Gasteiger partial charge in [0.2, 0.25) is 5.88 Å². The number of carbonyl (C=O) groups is 1. The second-order valence-corrected chi connectivity index (χ2v) is 6.33. The Kier molecular flexibility index (Phi) is 4.14. The molecule has 4 rings (SSSR count). The van der Waals surface area contributed by atoms with Crippen LogP contribution in [0, 0.1) is 5.82 Å². The number of hydrogen-bond acceptors (Lipinski definition) is 6. The fourth-order valence-electron chi connectivity index (χ4n) is 2.81. The largest absolute Gasteiger partial charge is 0.473 e. The number of ether oxygens (including phenoxy) is 1. The number of thiazole rings is 1. The van der Waals surface area contributed by atoms with Gasteiger partial charge in [0.15, 0.2) is 5.82 Å². The third-order valence-corrected chi connectivity index (χ3v) is 4.59. The molecule has 9 heteroatoms. The van der Waals surface area contributed by atoms with Crippen LogP contribution in [0.3, 0.4) is 0 Å². The molecule has 3 aromatic heterocycles. The predicted octanol–water partition coefficient (Wildman–Crippen LogP) is 2.15. The van der Waals surface area contributed by atoms with Gasteiger partial charge in [-0.2, -0.15) is 0 Å². The van der Waals surface area contributed by atoms with Gasteiger partial charge >= 0.3 is 0 Å². The lowest BCUT2D eigenvalue weighted by Crippen LogP contribution is -2.42. The maximum Gasteiger partial charge on any atom is 0.273 e. The van der Waals surface area contributed by atoms with Crippen molar-refractivity contribution < 1.29 is 13.9 Å². The Bertz CT molecular complexity index is 882. The third-order valence-electron chi connectivity index (χ3n) is 4.00. The van der Waals surface area contributed by atoms with Crippen LogP contribution in [0.5, 0.6) is 5.88 Å². The topological polar surface area (TPSA) is 73.1 Å². The molecule has 0 N–H and O–H groups in total. The van der Waals surface area contributed by atoms with E-state index in [0.717, 1.165) is 5.69 Å². The van der Waals surface area contributed by atoms with Crippen LogP contribution in [0.2, 0.25) is 0 Å². The van der Waals surface area contributed by atoms with E-state index in [1.54, 1.807) is 28.3 Å². The Morgan fingerprint density at radius 2 is 2.36 bits per heavy atom. The first kappa shape index (κ1) is 15.7. The summed E-state index contributed by atoms with van der Waals surface area (Å²) in [5.41, 5.74) is 2.95. The predicted molar refractivity (Wildman–Crippen MR) is 87.8 cm³/mol. The van der Waals surface area contributed by atoms with Gasteiger partial charge in [0.05, 0.1) is 30.1 Å². The first-order valence-electron chi connectivity index (χ1n) is 7.64. The minimum atomic E-state index is -0.514. The Balaban J connectivity index is 1.53. The van der Waals surface area contributed by atoms with Crippen molar-refractivity contribution in [1.82, 2.24) is 24.4 Å². The highest BCUT2D eigenvalue weighted by Crippen LogP contribution is 2.24. The molecular weight excluding hydrogens is 345 g/mol. The van der Waals surface area contributed by atoms with E-state index < -0.39 is 5.82 Å². The summed E-state index contributed by atoms with van der Waals surface area (Å²) in [4.78, 5) is 26.4. The van der Waals surface area contributed by atoms with Crippen molar-refractivity contribution in [1.29, 1.82) is 0 Å². The molecule has 3 aromatic rings. The highest BCUT2D eigenvalue weighted by Gasteiger charge is 2.30. The van der Waals surface area contributed by atoms with Crippen molar-refractivity contribution >= 4 is 17.2 Å². The van der Waals surface area contributed by atoms with Crippen LogP contribution in [0.25, 0.3) is 0 Å². The maximum absolute atomic E-state index is 13.7. The lowest BCUT2D eigenvalue weighted by molar-refractivity contribution is 0.0638. The van der Waals surface area contributed by atoms with Crippen LogP contribution >= 0.6 is 11.3 Å². The van der Waals surface area contributed by atoms with Crippen LogP contribution < -0.4 is 4.74 Å². The van der Waals surface area contributed by atoms with Crippen LogP contribution in [0.1, 0.15) is 22.2 Å². The first-order valence-corrected chi connectivity index (χ1v) is 8.58. The van der Waals surface area contributed by atoms with E-state index in [1.165, 1.54) is 29.7 Å². The summed E-state index contributed by atoms with van der Waals surface area (Å²) in [6.45, 7) is 1.05. The maximum atomic E-state index is 13.7. The number of pyridine rings is 1. The van der Waals surface area contributed by atoms with Crippen molar-refractivity contribution in [3.8, 4) is 5.88 Å². The fraction of sp³-hybridized carbons (Fsp3) is 0.250. The van der Waals surface area contributed by atoms with Gasteiger partial charge < -0.3 is 14.2 Å². The minimum absolute atomic E-state index is 0.0490. The van der Waals surface area contributed by atoms with E-state index in [4.69, 9.17) is 4.74 Å². The molecule has 1 atom stereocenters. The lowest BCUT2D eigenvalue weighted by atomic mass is 10.2. The normalized spacial score (nSPS) is 16.5. The number of carbonyl (C=O) groups excluding carboxylic acids is 1. The number of rotatable bonds is 4. The molecule has 0 aliphatic carbocycles. The Morgan fingerprint density at radius 1 is 1.44 bits per heavy atom. The van der Waals surface area contributed by atoms with Crippen molar-refractivity contribution in [2.75, 3.05) is 13.2 Å². The van der Waals surface area contributed by atoms with E-state index in [1.807, 2.05) is 4.57 Å². The molecule has 4 heterocycles. The molecule has 0 aromatic carbocycles. The number of fused-ring (bicyclic) bond motifs is 1. The standard InChI is InChI=1S/C16H14FN5O2S/c17-13-2-1-3-19-15(13)24-7-12-6-21(5-11-4-18-9-22(11)12)16(23)14-8-25-10-20-14/h1-4,8-10,12H,5-7H2/t12-/m1/s1. The van der Waals surface area contributed by atoms with Gasteiger partial charge in [-0.15, -0.1) is 11.3 Å². The molecule has 0 saturated heterocycles. The molecule has 0 radical (unpaired) electrons. The summed E-state index contributed by atoms with van der Waals surface area (Å²) < 4.78 is 21.2. The molecule has 1 aliphatic rings. The van der Waals surface area contributed by atoms with Crippen molar-refractivity contribution in [2.24, 2.45) is 0 Å². The van der Waals surface area contributed by atoms with Crippen molar-refractivity contribution in [3.63, 3.8) is 0 Å². The van der Waals surface area contributed by atoms with Gasteiger partial charge in [0.1, 0.15) is 12.3 Å². The zero-order chi connectivity index (χ0) is 17.2. The SMILES string of the molecule is O=C(c1cscn1)N1Cc2cncn2[C@@H](COc2ncccc2F)C1. The summed E-state index contributed by atoms with van der Waals surface area (Å²) in [7, 11) is 0. The zero-order valence-corrected chi connectivity index (χ0v) is 13.9. The summed E-state index contributed by atoms with van der Waals surface area (Å²) in [5, 5.41) is 1.73. The minimum Gasteiger partial charge on any atom is -0.473 e. The second kappa shape index (κ2) is 6.60. The number of aromatic nitrogens is 4. The summed E-state index contributed by atoms with van der Waals surface area (Å²) in [6, 6.07) is 2.62. The zero-order valence-electron chi connectivity index (χ0n) is 13.1. The number of halogens is 1. The number of amides is 1. The molecule has 0 saturated carbocycles. The number of nitrogens with zero attached hydrogens (tertiary/aromatic N) is 5. The van der Waals surface area contributed by atoms with Crippen LogP contribution in [0.4, 0.5) is 4.39 Å². The first-order chi connectivity index (χ1) is 12.2. The molecule has 0 unspecified atom stereocenters. The van der Waals surface area contributed by atoms with Gasteiger partial charge in [-0.3, -0.25) is 4.79 Å². The monoisotopic (exact) mass is 359 g/mol. The average Bonchev–Trinajstić information content (AvgIpc) is 3.31. The number of hydrogen-bond donors (Lipinski definition) is 0. The molecule has 7 nitrogen and oxygen atoms in total. The van der Waals surface area contributed by atoms with Crippen molar-refractivity contribution in [3.05, 3.63) is 58.9 Å². The fourth-order valence-corrected chi connectivity index (χ4v) is 3.33. The van der Waals surface area contributed by atoms with Crippen LogP contribution in [0.15, 0.2) is 41.7 Å².